The second-order valence-corrected chi connectivity index (χ2v) is 4.63. The van der Waals surface area contributed by atoms with Crippen LogP contribution in [0.25, 0.3) is 0 Å². The molecule has 0 spiro atoms. The fourth-order valence-electron chi connectivity index (χ4n) is 1.46. The molecule has 1 amide bonds. The van der Waals surface area contributed by atoms with Crippen molar-refractivity contribution in [2.45, 2.75) is 5.16 Å². The van der Waals surface area contributed by atoms with Crippen molar-refractivity contribution in [1.82, 2.24) is 15.2 Å². The summed E-state index contributed by atoms with van der Waals surface area (Å²) in [6.07, 6.45) is 1.37. The first-order valence-corrected chi connectivity index (χ1v) is 6.64. The van der Waals surface area contributed by atoms with Gasteiger partial charge in [-0.25, -0.2) is 9.78 Å². The molecule has 2 N–H and O–H groups in total. The van der Waals surface area contributed by atoms with Gasteiger partial charge < -0.3 is 10.1 Å². The lowest BCUT2D eigenvalue weighted by Crippen LogP contribution is -2.17. The summed E-state index contributed by atoms with van der Waals surface area (Å²) in [5.41, 5.74) is 0.732. The topological polar surface area (TPSA) is 97.0 Å². The van der Waals surface area contributed by atoms with Crippen molar-refractivity contribution in [1.29, 1.82) is 0 Å². The summed E-state index contributed by atoms with van der Waals surface area (Å²) in [4.78, 5) is 27.3. The number of aromatic nitrogens is 3. The van der Waals surface area contributed by atoms with Crippen molar-refractivity contribution in [2.75, 3.05) is 18.2 Å². The van der Waals surface area contributed by atoms with Crippen molar-refractivity contribution in [3.63, 3.8) is 0 Å². The number of para-hydroxylation sites is 1. The van der Waals surface area contributed by atoms with Gasteiger partial charge in [-0.3, -0.25) is 9.89 Å². The highest BCUT2D eigenvalue weighted by atomic mass is 32.2. The van der Waals surface area contributed by atoms with E-state index in [0.29, 0.717) is 16.4 Å². The fourth-order valence-corrected chi connectivity index (χ4v) is 2.04. The number of aromatic amines is 1. The maximum Gasteiger partial charge on any atom is 0.339 e. The van der Waals surface area contributed by atoms with E-state index in [1.807, 2.05) is 0 Å². The highest BCUT2D eigenvalue weighted by Gasteiger charge is 2.13. The number of anilines is 1. The van der Waals surface area contributed by atoms with Crippen molar-refractivity contribution in [3.8, 4) is 0 Å². The minimum Gasteiger partial charge on any atom is -0.465 e. The van der Waals surface area contributed by atoms with Gasteiger partial charge in [0.15, 0.2) is 5.16 Å². The van der Waals surface area contributed by atoms with Gasteiger partial charge in [0.1, 0.15) is 6.33 Å². The third kappa shape index (κ3) is 3.58. The third-order valence-corrected chi connectivity index (χ3v) is 3.22. The number of ether oxygens (including phenoxy) is 1. The van der Waals surface area contributed by atoms with Crippen LogP contribution in [0.1, 0.15) is 10.4 Å². The van der Waals surface area contributed by atoms with Crippen LogP contribution >= 0.6 is 11.8 Å². The minimum atomic E-state index is -0.496. The molecule has 0 saturated heterocycles. The smallest absolute Gasteiger partial charge is 0.339 e. The van der Waals surface area contributed by atoms with Crippen LogP contribution in [-0.2, 0) is 9.53 Å². The Morgan fingerprint density at radius 3 is 2.90 bits per heavy atom. The van der Waals surface area contributed by atoms with Crippen molar-refractivity contribution >= 4 is 29.3 Å². The van der Waals surface area contributed by atoms with Crippen LogP contribution in [-0.4, -0.2) is 39.9 Å². The molecule has 0 saturated carbocycles. The molecule has 1 aromatic heterocycles. The SMILES string of the molecule is COC(=O)c1ccccc1NC(=O)CSc1ncn[nH]1. The van der Waals surface area contributed by atoms with Crippen LogP contribution in [0.15, 0.2) is 35.7 Å². The predicted octanol–water partition coefficient (Wildman–Crippen LogP) is 1.32. The first kappa shape index (κ1) is 14.1. The average Bonchev–Trinajstić information content (AvgIpc) is 2.98. The molecule has 104 valence electrons. The van der Waals surface area contributed by atoms with Crippen LogP contribution in [0, 0.1) is 0 Å². The Balaban J connectivity index is 1.99. The Morgan fingerprint density at radius 1 is 1.40 bits per heavy atom. The molecule has 0 bridgehead atoms. The van der Waals surface area contributed by atoms with Gasteiger partial charge in [-0.05, 0) is 12.1 Å². The Labute approximate surface area is 119 Å². The molecule has 0 atom stereocenters. The lowest BCUT2D eigenvalue weighted by Gasteiger charge is -2.08. The van der Waals surface area contributed by atoms with Gasteiger partial charge >= 0.3 is 5.97 Å². The lowest BCUT2D eigenvalue weighted by molar-refractivity contribution is -0.113. The van der Waals surface area contributed by atoms with Gasteiger partial charge in [-0.1, -0.05) is 23.9 Å². The normalized spacial score (nSPS) is 10.1. The molecule has 2 rings (SSSR count). The Bertz CT molecular complexity index is 601. The van der Waals surface area contributed by atoms with Crippen molar-refractivity contribution in [3.05, 3.63) is 36.2 Å². The number of esters is 1. The number of hydrogen-bond donors (Lipinski definition) is 2. The number of nitrogens with zero attached hydrogens (tertiary/aromatic N) is 2. The predicted molar refractivity (Wildman–Crippen MR) is 73.5 cm³/mol. The summed E-state index contributed by atoms with van der Waals surface area (Å²) in [6, 6.07) is 6.66. The lowest BCUT2D eigenvalue weighted by atomic mass is 10.2. The van der Waals surface area contributed by atoms with E-state index in [4.69, 9.17) is 0 Å². The van der Waals surface area contributed by atoms with E-state index in [1.165, 1.54) is 25.2 Å². The molecule has 0 radical (unpaired) electrons. The van der Waals surface area contributed by atoms with E-state index in [9.17, 15) is 9.59 Å². The second kappa shape index (κ2) is 6.71. The number of thioether (sulfide) groups is 1. The van der Waals surface area contributed by atoms with Gasteiger partial charge in [0.2, 0.25) is 5.91 Å². The van der Waals surface area contributed by atoms with Gasteiger partial charge in [0.25, 0.3) is 0 Å². The molecule has 0 aliphatic rings. The second-order valence-electron chi connectivity index (χ2n) is 3.66. The summed E-state index contributed by atoms with van der Waals surface area (Å²) in [7, 11) is 1.29. The van der Waals surface area contributed by atoms with Crippen LogP contribution in [0.3, 0.4) is 0 Å². The van der Waals surface area contributed by atoms with Gasteiger partial charge in [0, 0.05) is 0 Å². The molecule has 1 aromatic carbocycles. The van der Waals surface area contributed by atoms with E-state index < -0.39 is 5.97 Å². The minimum absolute atomic E-state index is 0.157. The number of amides is 1. The Kier molecular flexibility index (Phi) is 4.72. The number of benzene rings is 1. The number of H-pyrrole nitrogens is 1. The van der Waals surface area contributed by atoms with Crippen molar-refractivity contribution < 1.29 is 14.3 Å². The highest BCUT2D eigenvalue weighted by Crippen LogP contribution is 2.17. The summed E-state index contributed by atoms with van der Waals surface area (Å²) >= 11 is 1.22. The number of carbonyl (C=O) groups is 2. The third-order valence-electron chi connectivity index (χ3n) is 2.34. The van der Waals surface area contributed by atoms with E-state index in [-0.39, 0.29) is 11.7 Å². The monoisotopic (exact) mass is 292 g/mol. The standard InChI is InChI=1S/C12H12N4O3S/c1-19-11(18)8-4-2-3-5-9(8)15-10(17)6-20-12-13-7-14-16-12/h2-5,7H,6H2,1H3,(H,15,17)(H,13,14,16). The van der Waals surface area contributed by atoms with E-state index >= 15 is 0 Å². The average molecular weight is 292 g/mol. The van der Waals surface area contributed by atoms with Gasteiger partial charge in [-0.15, -0.1) is 0 Å². The molecular weight excluding hydrogens is 280 g/mol. The largest absolute Gasteiger partial charge is 0.465 e. The molecule has 0 aliphatic heterocycles. The molecule has 8 heteroatoms. The highest BCUT2D eigenvalue weighted by molar-refractivity contribution is 7.99. The molecule has 0 fully saturated rings. The number of carbonyl (C=O) groups excluding carboxylic acids is 2. The number of methoxy groups -OCH3 is 1. The molecule has 20 heavy (non-hydrogen) atoms. The summed E-state index contributed by atoms with van der Waals surface area (Å²) in [6.45, 7) is 0. The summed E-state index contributed by atoms with van der Waals surface area (Å²) in [5, 5.41) is 9.55. The zero-order chi connectivity index (χ0) is 14.4. The fraction of sp³-hybridized carbons (Fsp3) is 0.167. The molecule has 7 nitrogen and oxygen atoms in total. The maximum absolute atomic E-state index is 11.8. The molecule has 0 aliphatic carbocycles. The zero-order valence-electron chi connectivity index (χ0n) is 10.6. The quantitative estimate of drug-likeness (QED) is 0.637. The molecule has 0 unspecified atom stereocenters. The van der Waals surface area contributed by atoms with E-state index in [0.717, 1.165) is 0 Å². The van der Waals surface area contributed by atoms with Crippen LogP contribution in [0.2, 0.25) is 0 Å². The Hall–Kier alpha value is -2.35. The first-order chi connectivity index (χ1) is 9.70. The van der Waals surface area contributed by atoms with Gasteiger partial charge in [0.05, 0.1) is 24.1 Å². The van der Waals surface area contributed by atoms with E-state index in [1.54, 1.807) is 24.3 Å². The molecule has 2 aromatic rings. The number of rotatable bonds is 5. The first-order valence-electron chi connectivity index (χ1n) is 5.66. The van der Waals surface area contributed by atoms with E-state index in [2.05, 4.69) is 25.2 Å². The summed E-state index contributed by atoms with van der Waals surface area (Å²) in [5.74, 6) is -0.587. The van der Waals surface area contributed by atoms with Crippen LogP contribution in [0.4, 0.5) is 5.69 Å². The van der Waals surface area contributed by atoms with Crippen molar-refractivity contribution in [2.24, 2.45) is 0 Å². The zero-order valence-corrected chi connectivity index (χ0v) is 11.4. The molecular formula is C12H12N4O3S. The van der Waals surface area contributed by atoms with Gasteiger partial charge in [-0.2, -0.15) is 5.10 Å². The summed E-state index contributed by atoms with van der Waals surface area (Å²) < 4.78 is 4.66. The molecule has 1 heterocycles. The van der Waals surface area contributed by atoms with Crippen LogP contribution in [0.5, 0.6) is 0 Å². The Morgan fingerprint density at radius 2 is 2.20 bits per heavy atom. The van der Waals surface area contributed by atoms with Crippen LogP contribution < -0.4 is 5.32 Å². The maximum atomic E-state index is 11.8. The number of nitrogens with one attached hydrogen (secondary N) is 2. The number of hydrogen-bond acceptors (Lipinski definition) is 6.